The van der Waals surface area contributed by atoms with Gasteiger partial charge in [-0.05, 0) is 42.7 Å². The SMILES string of the molecule is CC(=O)n1cc2c3c(cccc31)C1=CCCN(C)C1C2. The van der Waals surface area contributed by atoms with Gasteiger partial charge in [-0.25, -0.2) is 0 Å². The molecule has 1 atom stereocenters. The molecule has 1 aromatic heterocycles. The van der Waals surface area contributed by atoms with Crippen molar-refractivity contribution in [3.8, 4) is 0 Å². The summed E-state index contributed by atoms with van der Waals surface area (Å²) in [6, 6.07) is 6.79. The van der Waals surface area contributed by atoms with Crippen molar-refractivity contribution in [1.82, 2.24) is 9.47 Å². The smallest absolute Gasteiger partial charge is 0.227 e. The molecule has 0 bridgehead atoms. The summed E-state index contributed by atoms with van der Waals surface area (Å²) in [6.45, 7) is 2.75. The maximum Gasteiger partial charge on any atom is 0.227 e. The summed E-state index contributed by atoms with van der Waals surface area (Å²) in [5, 5.41) is 1.28. The number of benzene rings is 1. The molecule has 0 radical (unpaired) electrons. The van der Waals surface area contributed by atoms with E-state index in [0.29, 0.717) is 6.04 Å². The Bertz CT molecular complexity index is 754. The number of likely N-dealkylation sites (N-methyl/N-ethyl adjacent to an activating group) is 1. The van der Waals surface area contributed by atoms with E-state index < -0.39 is 0 Å². The average Bonchev–Trinajstić information content (AvgIpc) is 2.81. The van der Waals surface area contributed by atoms with Crippen LogP contribution in [0, 0.1) is 0 Å². The molecule has 20 heavy (non-hydrogen) atoms. The number of carbonyl (C=O) groups excluding carboxylic acids is 1. The summed E-state index contributed by atoms with van der Waals surface area (Å²) < 4.78 is 1.80. The monoisotopic (exact) mass is 266 g/mol. The molecule has 0 fully saturated rings. The number of rotatable bonds is 0. The van der Waals surface area contributed by atoms with Crippen LogP contribution in [0.3, 0.4) is 0 Å². The molecule has 1 aromatic carbocycles. The van der Waals surface area contributed by atoms with Crippen LogP contribution in [-0.2, 0) is 6.42 Å². The van der Waals surface area contributed by atoms with Crippen LogP contribution in [0.5, 0.6) is 0 Å². The zero-order chi connectivity index (χ0) is 13.9. The quantitative estimate of drug-likeness (QED) is 0.732. The van der Waals surface area contributed by atoms with E-state index in [-0.39, 0.29) is 5.91 Å². The molecule has 3 nitrogen and oxygen atoms in total. The van der Waals surface area contributed by atoms with Crippen LogP contribution in [0.25, 0.3) is 16.5 Å². The van der Waals surface area contributed by atoms with E-state index in [1.165, 1.54) is 22.1 Å². The Morgan fingerprint density at radius 1 is 1.35 bits per heavy atom. The first-order valence-electron chi connectivity index (χ1n) is 7.21. The minimum Gasteiger partial charge on any atom is -0.299 e. The Hall–Kier alpha value is -1.87. The van der Waals surface area contributed by atoms with Gasteiger partial charge < -0.3 is 0 Å². The summed E-state index contributed by atoms with van der Waals surface area (Å²) in [5.41, 5.74) is 5.12. The first-order valence-corrected chi connectivity index (χ1v) is 7.21. The molecular formula is C17H18N2O. The van der Waals surface area contributed by atoms with E-state index in [9.17, 15) is 4.79 Å². The lowest BCUT2D eigenvalue weighted by Gasteiger charge is -2.36. The summed E-state index contributed by atoms with van der Waals surface area (Å²) in [6.07, 6.45) is 6.54. The molecular weight excluding hydrogens is 248 g/mol. The van der Waals surface area contributed by atoms with Crippen LogP contribution < -0.4 is 0 Å². The molecule has 0 saturated heterocycles. The third-order valence-corrected chi connectivity index (χ3v) is 4.71. The lowest BCUT2D eigenvalue weighted by molar-refractivity contribution is 0.0941. The van der Waals surface area contributed by atoms with Gasteiger partial charge in [-0.3, -0.25) is 14.3 Å². The zero-order valence-electron chi connectivity index (χ0n) is 11.9. The van der Waals surface area contributed by atoms with Crippen LogP contribution in [0.2, 0.25) is 0 Å². The molecule has 0 amide bonds. The molecule has 2 aliphatic rings. The summed E-state index contributed by atoms with van der Waals surface area (Å²) >= 11 is 0. The van der Waals surface area contributed by atoms with Crippen molar-refractivity contribution < 1.29 is 4.79 Å². The summed E-state index contributed by atoms with van der Waals surface area (Å²) in [5.74, 6) is 0.0885. The first-order chi connectivity index (χ1) is 9.66. The average molecular weight is 266 g/mol. The van der Waals surface area contributed by atoms with Crippen molar-refractivity contribution in [2.24, 2.45) is 0 Å². The fraction of sp³-hybridized carbons (Fsp3) is 0.353. The first kappa shape index (κ1) is 11.9. The van der Waals surface area contributed by atoms with Gasteiger partial charge in [0.15, 0.2) is 0 Å². The highest BCUT2D eigenvalue weighted by molar-refractivity contribution is 6.02. The molecule has 1 aliphatic heterocycles. The Morgan fingerprint density at radius 3 is 3.00 bits per heavy atom. The van der Waals surface area contributed by atoms with Crippen molar-refractivity contribution in [2.75, 3.05) is 13.6 Å². The van der Waals surface area contributed by atoms with Gasteiger partial charge in [0.25, 0.3) is 0 Å². The largest absolute Gasteiger partial charge is 0.299 e. The Balaban J connectivity index is 2.04. The maximum absolute atomic E-state index is 11.8. The number of hydrogen-bond acceptors (Lipinski definition) is 2. The predicted octanol–water partition coefficient (Wildman–Crippen LogP) is 2.95. The third-order valence-electron chi connectivity index (χ3n) is 4.71. The van der Waals surface area contributed by atoms with Crippen LogP contribution in [0.15, 0.2) is 30.5 Å². The Labute approximate surface area is 118 Å². The van der Waals surface area contributed by atoms with E-state index in [1.807, 2.05) is 6.20 Å². The molecule has 0 saturated carbocycles. The lowest BCUT2D eigenvalue weighted by atomic mass is 9.82. The number of nitrogens with zero attached hydrogens (tertiary/aromatic N) is 2. The van der Waals surface area contributed by atoms with Gasteiger partial charge in [0.05, 0.1) is 5.52 Å². The van der Waals surface area contributed by atoms with Gasteiger partial charge in [0.2, 0.25) is 5.91 Å². The van der Waals surface area contributed by atoms with Crippen LogP contribution in [0.1, 0.15) is 29.3 Å². The topological polar surface area (TPSA) is 25.2 Å². The minimum atomic E-state index is 0.0885. The van der Waals surface area contributed by atoms with Crippen molar-refractivity contribution >= 4 is 22.4 Å². The van der Waals surface area contributed by atoms with Gasteiger partial charge in [0.1, 0.15) is 0 Å². The number of hydrogen-bond donors (Lipinski definition) is 0. The zero-order valence-corrected chi connectivity index (χ0v) is 11.9. The predicted molar refractivity (Wildman–Crippen MR) is 81.0 cm³/mol. The van der Waals surface area contributed by atoms with Gasteiger partial charge in [0, 0.05) is 31.1 Å². The highest BCUT2D eigenvalue weighted by atomic mass is 16.1. The molecule has 2 aromatic rings. The second-order valence-electron chi connectivity index (χ2n) is 5.89. The third kappa shape index (κ3) is 1.47. The standard InChI is InChI=1S/C17H18N2O/c1-11(20)19-10-12-9-16-13(6-4-8-18(16)2)14-5-3-7-15(19)17(12)14/h3,5-7,10,16H,4,8-9H2,1-2H3. The van der Waals surface area contributed by atoms with Crippen molar-refractivity contribution in [3.63, 3.8) is 0 Å². The van der Waals surface area contributed by atoms with Crippen LogP contribution in [0.4, 0.5) is 0 Å². The number of aromatic nitrogens is 1. The maximum atomic E-state index is 11.8. The normalized spacial score (nSPS) is 21.7. The van der Waals surface area contributed by atoms with Crippen LogP contribution in [-0.4, -0.2) is 35.0 Å². The van der Waals surface area contributed by atoms with Gasteiger partial charge in [-0.2, -0.15) is 0 Å². The van der Waals surface area contributed by atoms with Crippen molar-refractivity contribution in [2.45, 2.75) is 25.8 Å². The van der Waals surface area contributed by atoms with E-state index in [0.717, 1.165) is 24.9 Å². The molecule has 3 heteroatoms. The lowest BCUT2D eigenvalue weighted by Crippen LogP contribution is -2.39. The highest BCUT2D eigenvalue weighted by Gasteiger charge is 2.31. The van der Waals surface area contributed by atoms with Crippen LogP contribution >= 0.6 is 0 Å². The number of carbonyl (C=O) groups is 1. The second kappa shape index (κ2) is 4.06. The van der Waals surface area contributed by atoms with Gasteiger partial charge >= 0.3 is 0 Å². The molecule has 4 rings (SSSR count). The molecule has 1 aliphatic carbocycles. The molecule has 0 N–H and O–H groups in total. The summed E-state index contributed by atoms with van der Waals surface area (Å²) in [4.78, 5) is 14.3. The fourth-order valence-corrected chi connectivity index (χ4v) is 3.74. The van der Waals surface area contributed by atoms with E-state index in [2.05, 4.69) is 36.2 Å². The van der Waals surface area contributed by atoms with Gasteiger partial charge in [-0.15, -0.1) is 0 Å². The summed E-state index contributed by atoms with van der Waals surface area (Å²) in [7, 11) is 2.20. The highest BCUT2D eigenvalue weighted by Crippen LogP contribution is 2.40. The van der Waals surface area contributed by atoms with Gasteiger partial charge in [-0.1, -0.05) is 18.2 Å². The minimum absolute atomic E-state index is 0.0885. The molecule has 2 heterocycles. The van der Waals surface area contributed by atoms with E-state index >= 15 is 0 Å². The fourth-order valence-electron chi connectivity index (χ4n) is 3.74. The molecule has 0 spiro atoms. The van der Waals surface area contributed by atoms with Crippen molar-refractivity contribution in [3.05, 3.63) is 41.6 Å². The Kier molecular flexibility index (Phi) is 2.42. The second-order valence-corrected chi connectivity index (χ2v) is 5.89. The molecule has 1 unspecified atom stereocenters. The van der Waals surface area contributed by atoms with E-state index in [1.54, 1.807) is 11.5 Å². The van der Waals surface area contributed by atoms with E-state index in [4.69, 9.17) is 0 Å². The number of fused-ring (bicyclic) bond motifs is 2. The molecule has 102 valence electrons. The Morgan fingerprint density at radius 2 is 2.20 bits per heavy atom. The van der Waals surface area contributed by atoms with Crippen molar-refractivity contribution in [1.29, 1.82) is 0 Å².